The summed E-state index contributed by atoms with van der Waals surface area (Å²) < 4.78 is 5.12. The Morgan fingerprint density at radius 2 is 2.50 bits per heavy atom. The van der Waals surface area contributed by atoms with E-state index in [4.69, 9.17) is 9.84 Å². The lowest BCUT2D eigenvalue weighted by atomic mass is 10.00. The molecule has 8 heavy (non-hydrogen) atoms. The number of ether oxygens (including phenoxy) is 1. The molecule has 0 spiro atoms. The molecule has 1 fully saturated rings. The lowest BCUT2D eigenvalue weighted by Crippen LogP contribution is -2.34. The lowest BCUT2D eigenvalue weighted by Gasteiger charge is -2.30. The van der Waals surface area contributed by atoms with Crippen LogP contribution in [0.4, 0.5) is 0 Å². The van der Waals surface area contributed by atoms with Crippen molar-refractivity contribution < 1.29 is 9.84 Å². The maximum absolute atomic E-state index is 8.59. The van der Waals surface area contributed by atoms with E-state index in [-0.39, 0.29) is 6.61 Å². The van der Waals surface area contributed by atoms with Crippen molar-refractivity contribution in [3.05, 3.63) is 0 Å². The van der Waals surface area contributed by atoms with E-state index < -0.39 is 0 Å². The number of hydrogen-bond acceptors (Lipinski definition) is 2. The summed E-state index contributed by atoms with van der Waals surface area (Å²) in [6, 6.07) is 0. The fourth-order valence-corrected chi connectivity index (χ4v) is 0.820. The van der Waals surface area contributed by atoms with E-state index in [2.05, 4.69) is 0 Å². The lowest BCUT2D eigenvalue weighted by molar-refractivity contribution is -0.0902. The van der Waals surface area contributed by atoms with Crippen molar-refractivity contribution in [1.29, 1.82) is 0 Å². The first-order chi connectivity index (χ1) is 3.84. The van der Waals surface area contributed by atoms with Gasteiger partial charge in [-0.15, -0.1) is 0 Å². The van der Waals surface area contributed by atoms with Crippen LogP contribution < -0.4 is 0 Å². The highest BCUT2D eigenvalue weighted by Gasteiger charge is 2.23. The van der Waals surface area contributed by atoms with Gasteiger partial charge in [0.05, 0.1) is 6.10 Å². The minimum absolute atomic E-state index is 0.255. The van der Waals surface area contributed by atoms with Gasteiger partial charge in [-0.25, -0.2) is 0 Å². The molecule has 48 valence electrons. The van der Waals surface area contributed by atoms with Crippen LogP contribution in [-0.4, -0.2) is 24.4 Å². The van der Waals surface area contributed by atoms with Gasteiger partial charge in [-0.3, -0.25) is 0 Å². The molecular weight excluding hydrogens is 104 g/mol. The van der Waals surface area contributed by atoms with Gasteiger partial charge in [0, 0.05) is 19.1 Å². The largest absolute Gasteiger partial charge is 0.396 e. The number of aliphatic hydroxyl groups is 1. The molecule has 1 heterocycles. The van der Waals surface area contributed by atoms with Crippen LogP contribution in [0.25, 0.3) is 0 Å². The second kappa shape index (κ2) is 2.46. The Bertz CT molecular complexity index is 66.2. The summed E-state index contributed by atoms with van der Waals surface area (Å²) in [7, 11) is 0. The van der Waals surface area contributed by atoms with Gasteiger partial charge in [0.2, 0.25) is 0 Å². The van der Waals surface area contributed by atoms with E-state index in [1.807, 2.05) is 6.92 Å². The maximum Gasteiger partial charge on any atom is 0.0644 e. The van der Waals surface area contributed by atoms with Crippen LogP contribution in [0.15, 0.2) is 0 Å². The first-order valence-corrected chi connectivity index (χ1v) is 3.07. The Morgan fingerprint density at radius 3 is 2.62 bits per heavy atom. The fraction of sp³-hybridized carbons (Fsp3) is 1.00. The highest BCUT2D eigenvalue weighted by molar-refractivity contribution is 4.71. The molecule has 0 aromatic rings. The number of aliphatic hydroxyl groups excluding tert-OH is 1. The third-order valence-electron chi connectivity index (χ3n) is 1.66. The van der Waals surface area contributed by atoms with Gasteiger partial charge >= 0.3 is 0 Å². The molecule has 0 aromatic carbocycles. The van der Waals surface area contributed by atoms with Gasteiger partial charge in [0.15, 0.2) is 0 Å². The summed E-state index contributed by atoms with van der Waals surface area (Å²) in [5, 5.41) is 8.59. The van der Waals surface area contributed by atoms with Gasteiger partial charge in [0.1, 0.15) is 0 Å². The van der Waals surface area contributed by atoms with Gasteiger partial charge in [-0.05, 0) is 6.42 Å². The van der Waals surface area contributed by atoms with Crippen molar-refractivity contribution in [2.45, 2.75) is 19.4 Å². The van der Waals surface area contributed by atoms with Crippen LogP contribution in [0.2, 0.25) is 0 Å². The summed E-state index contributed by atoms with van der Waals surface area (Å²) in [5.41, 5.74) is 0. The standard InChI is InChI=1S/C6H12O2/c1-5(4-7)6-2-3-8-6/h5-7H,2-4H2,1H3. The van der Waals surface area contributed by atoms with Gasteiger partial charge < -0.3 is 9.84 Å². The minimum Gasteiger partial charge on any atom is -0.396 e. The second-order valence-electron chi connectivity index (χ2n) is 2.36. The van der Waals surface area contributed by atoms with Crippen LogP contribution in [0.3, 0.4) is 0 Å². The van der Waals surface area contributed by atoms with Crippen LogP contribution in [-0.2, 0) is 4.74 Å². The quantitative estimate of drug-likeness (QED) is 0.566. The zero-order valence-electron chi connectivity index (χ0n) is 5.13. The molecule has 2 heteroatoms. The topological polar surface area (TPSA) is 29.5 Å². The molecule has 1 aliphatic heterocycles. The minimum atomic E-state index is 0.255. The molecule has 1 aliphatic rings. The van der Waals surface area contributed by atoms with E-state index in [0.717, 1.165) is 13.0 Å². The summed E-state index contributed by atoms with van der Waals surface area (Å²) >= 11 is 0. The summed E-state index contributed by atoms with van der Waals surface area (Å²) in [6.45, 7) is 3.14. The predicted molar refractivity (Wildman–Crippen MR) is 30.6 cm³/mol. The molecule has 0 bridgehead atoms. The van der Waals surface area contributed by atoms with Crippen LogP contribution >= 0.6 is 0 Å². The molecule has 0 saturated carbocycles. The zero-order valence-corrected chi connectivity index (χ0v) is 5.13. The van der Waals surface area contributed by atoms with Gasteiger partial charge in [-0.1, -0.05) is 6.92 Å². The Labute approximate surface area is 49.5 Å². The van der Waals surface area contributed by atoms with E-state index >= 15 is 0 Å². The zero-order chi connectivity index (χ0) is 5.98. The molecule has 1 rings (SSSR count). The van der Waals surface area contributed by atoms with Crippen molar-refractivity contribution in [3.8, 4) is 0 Å². The van der Waals surface area contributed by atoms with E-state index in [0.29, 0.717) is 12.0 Å². The Hall–Kier alpha value is -0.0800. The monoisotopic (exact) mass is 116 g/mol. The smallest absolute Gasteiger partial charge is 0.0644 e. The Morgan fingerprint density at radius 1 is 1.88 bits per heavy atom. The first-order valence-electron chi connectivity index (χ1n) is 3.07. The predicted octanol–water partition coefficient (Wildman–Crippen LogP) is 0.404. The molecule has 2 unspecified atom stereocenters. The fourth-order valence-electron chi connectivity index (χ4n) is 0.820. The van der Waals surface area contributed by atoms with Crippen molar-refractivity contribution in [2.24, 2.45) is 5.92 Å². The third kappa shape index (κ3) is 1.01. The maximum atomic E-state index is 8.59. The molecule has 1 saturated heterocycles. The van der Waals surface area contributed by atoms with Crippen LogP contribution in [0, 0.1) is 5.92 Å². The van der Waals surface area contributed by atoms with E-state index in [9.17, 15) is 0 Å². The molecule has 2 nitrogen and oxygen atoms in total. The molecule has 2 atom stereocenters. The summed E-state index contributed by atoms with van der Waals surface area (Å²) in [6.07, 6.45) is 1.47. The van der Waals surface area contributed by atoms with Gasteiger partial charge in [0.25, 0.3) is 0 Å². The molecule has 0 aliphatic carbocycles. The van der Waals surface area contributed by atoms with E-state index in [1.165, 1.54) is 0 Å². The first kappa shape index (κ1) is 6.05. The summed E-state index contributed by atoms with van der Waals surface area (Å²) in [5.74, 6) is 0.337. The van der Waals surface area contributed by atoms with Crippen molar-refractivity contribution in [2.75, 3.05) is 13.2 Å². The molecular formula is C6H12O2. The second-order valence-corrected chi connectivity index (χ2v) is 2.36. The highest BCUT2D eigenvalue weighted by atomic mass is 16.5. The normalized spacial score (nSPS) is 31.5. The Balaban J connectivity index is 2.13. The third-order valence-corrected chi connectivity index (χ3v) is 1.66. The van der Waals surface area contributed by atoms with E-state index in [1.54, 1.807) is 0 Å². The average Bonchev–Trinajstić information content (AvgIpc) is 1.62. The molecule has 0 radical (unpaired) electrons. The number of rotatable bonds is 2. The average molecular weight is 116 g/mol. The van der Waals surface area contributed by atoms with Crippen LogP contribution in [0.1, 0.15) is 13.3 Å². The van der Waals surface area contributed by atoms with Crippen LogP contribution in [0.5, 0.6) is 0 Å². The summed E-state index contributed by atoms with van der Waals surface area (Å²) in [4.78, 5) is 0. The molecule has 0 amide bonds. The SMILES string of the molecule is CC(CO)C1CCO1. The van der Waals surface area contributed by atoms with Crippen molar-refractivity contribution in [3.63, 3.8) is 0 Å². The Kier molecular flexibility index (Phi) is 1.86. The molecule has 0 aromatic heterocycles. The number of hydrogen-bond donors (Lipinski definition) is 1. The highest BCUT2D eigenvalue weighted by Crippen LogP contribution is 2.18. The van der Waals surface area contributed by atoms with Gasteiger partial charge in [-0.2, -0.15) is 0 Å². The van der Waals surface area contributed by atoms with Crippen molar-refractivity contribution in [1.82, 2.24) is 0 Å². The molecule has 1 N–H and O–H groups in total. The van der Waals surface area contributed by atoms with Crippen molar-refractivity contribution >= 4 is 0 Å².